The van der Waals surface area contributed by atoms with E-state index in [1.165, 1.54) is 135 Å². The fourth-order valence-corrected chi connectivity index (χ4v) is 6.50. The molecule has 0 saturated carbocycles. The third-order valence-electron chi connectivity index (χ3n) is 9.60. The van der Waals surface area contributed by atoms with E-state index in [2.05, 4.69) is 45.0 Å². The summed E-state index contributed by atoms with van der Waals surface area (Å²) in [5.74, 6) is 0.734. The summed E-state index contributed by atoms with van der Waals surface area (Å²) in [7, 11) is 4.33. The van der Waals surface area contributed by atoms with Crippen LogP contribution in [0.3, 0.4) is 0 Å². The number of nitrogens with zero attached hydrogens (tertiary/aromatic N) is 1. The van der Waals surface area contributed by atoms with Gasteiger partial charge in [-0.05, 0) is 97.5 Å². The third kappa shape index (κ3) is 36.0. The molecule has 0 spiro atoms. The van der Waals surface area contributed by atoms with Gasteiger partial charge in [0, 0.05) is 12.8 Å². The lowest BCUT2D eigenvalue weighted by molar-refractivity contribution is -0.147. The first-order valence-corrected chi connectivity index (χ1v) is 21.1. The molecule has 2 unspecified atom stereocenters. The summed E-state index contributed by atoms with van der Waals surface area (Å²) < 4.78 is 11.1. The van der Waals surface area contributed by atoms with Gasteiger partial charge >= 0.3 is 11.9 Å². The molecule has 0 radical (unpaired) electrons. The van der Waals surface area contributed by atoms with E-state index in [0.717, 1.165) is 44.4 Å². The number of allylic oxidation sites excluding steroid dienone is 2. The highest BCUT2D eigenvalue weighted by molar-refractivity contribution is 5.70. The van der Waals surface area contributed by atoms with Crippen molar-refractivity contribution in [2.75, 3.05) is 20.6 Å². The van der Waals surface area contributed by atoms with Gasteiger partial charge in [-0.3, -0.25) is 9.59 Å². The summed E-state index contributed by atoms with van der Waals surface area (Å²) in [5.41, 5.74) is 0. The van der Waals surface area contributed by atoms with Gasteiger partial charge in [0.25, 0.3) is 0 Å². The van der Waals surface area contributed by atoms with Gasteiger partial charge < -0.3 is 14.4 Å². The molecule has 0 N–H and O–H groups in total. The van der Waals surface area contributed by atoms with Crippen LogP contribution < -0.4 is 0 Å². The van der Waals surface area contributed by atoms with Gasteiger partial charge in [0.1, 0.15) is 12.2 Å². The van der Waals surface area contributed by atoms with Crippen LogP contribution in [0.25, 0.3) is 0 Å². The molecular formula is C44H83NO4. The first kappa shape index (κ1) is 47.4. The standard InChI is InChI=1S/C44H83NO4/c1-7-9-11-13-17-24-32-40(3)48-43(46)37-29-21-15-19-26-34-42(36-28-23-31-39-45(5)6)35-27-20-16-22-30-38-44(47)49-41(4)33-25-18-14-12-10-8-2/h24-25,32-33,40-42H,7-23,26-31,34-39H2,1-6H3/b32-24-,33-25-. The topological polar surface area (TPSA) is 55.8 Å². The molecule has 0 saturated heterocycles. The van der Waals surface area contributed by atoms with Gasteiger partial charge in [0.15, 0.2) is 0 Å². The summed E-state index contributed by atoms with van der Waals surface area (Å²) in [6.07, 6.45) is 41.3. The maximum Gasteiger partial charge on any atom is 0.306 e. The number of carbonyl (C=O) groups excluding carboxylic acids is 2. The Kier molecular flexibility index (Phi) is 35.0. The van der Waals surface area contributed by atoms with Crippen molar-refractivity contribution in [1.29, 1.82) is 0 Å². The third-order valence-corrected chi connectivity index (χ3v) is 9.60. The molecule has 0 aromatic rings. The van der Waals surface area contributed by atoms with Gasteiger partial charge in [0.05, 0.1) is 0 Å². The number of carbonyl (C=O) groups is 2. The van der Waals surface area contributed by atoms with Gasteiger partial charge in [-0.1, -0.05) is 148 Å². The Hall–Kier alpha value is -1.62. The van der Waals surface area contributed by atoms with Crippen LogP contribution in [0.1, 0.15) is 207 Å². The molecule has 288 valence electrons. The number of ether oxygens (including phenoxy) is 2. The van der Waals surface area contributed by atoms with E-state index in [-0.39, 0.29) is 24.1 Å². The highest BCUT2D eigenvalue weighted by atomic mass is 16.5. The van der Waals surface area contributed by atoms with Crippen molar-refractivity contribution in [3.05, 3.63) is 24.3 Å². The molecular weight excluding hydrogens is 606 g/mol. The molecule has 0 aliphatic rings. The van der Waals surface area contributed by atoms with E-state index in [1.54, 1.807) is 0 Å². The maximum atomic E-state index is 12.2. The van der Waals surface area contributed by atoms with Crippen LogP contribution in [0, 0.1) is 5.92 Å². The molecule has 0 aliphatic heterocycles. The summed E-state index contributed by atoms with van der Waals surface area (Å²) in [4.78, 5) is 26.7. The number of esters is 2. The molecule has 5 heteroatoms. The van der Waals surface area contributed by atoms with Gasteiger partial charge in [0.2, 0.25) is 0 Å². The lowest BCUT2D eigenvalue weighted by Crippen LogP contribution is -2.12. The monoisotopic (exact) mass is 690 g/mol. The first-order valence-electron chi connectivity index (χ1n) is 21.1. The van der Waals surface area contributed by atoms with Crippen LogP contribution in [-0.2, 0) is 19.1 Å². The average Bonchev–Trinajstić information content (AvgIpc) is 3.06. The Bertz CT molecular complexity index is 736. The molecule has 0 heterocycles. The van der Waals surface area contributed by atoms with Crippen LogP contribution in [0.15, 0.2) is 24.3 Å². The predicted octanol–water partition coefficient (Wildman–Crippen LogP) is 13.1. The molecule has 0 amide bonds. The van der Waals surface area contributed by atoms with Crippen molar-refractivity contribution in [2.45, 2.75) is 220 Å². The van der Waals surface area contributed by atoms with E-state index in [4.69, 9.17) is 9.47 Å². The zero-order chi connectivity index (χ0) is 36.2. The minimum absolute atomic E-state index is 0.0526. The molecule has 2 atom stereocenters. The first-order chi connectivity index (χ1) is 23.8. The number of rotatable bonds is 36. The van der Waals surface area contributed by atoms with E-state index >= 15 is 0 Å². The lowest BCUT2D eigenvalue weighted by Gasteiger charge is -2.17. The molecule has 49 heavy (non-hydrogen) atoms. The SMILES string of the molecule is CCCCCC/C=C\C(C)OC(=O)CCCCCCCC(CCCCCCCC(=O)OC(C)/C=C\CCCCCC)CCCCCN(C)C. The Morgan fingerprint density at radius 1 is 0.510 bits per heavy atom. The molecule has 5 nitrogen and oxygen atoms in total. The Balaban J connectivity index is 4.12. The summed E-state index contributed by atoms with van der Waals surface area (Å²) in [6.45, 7) is 9.59. The number of hydrogen-bond donors (Lipinski definition) is 0. The Morgan fingerprint density at radius 2 is 0.878 bits per heavy atom. The van der Waals surface area contributed by atoms with Crippen LogP contribution in [-0.4, -0.2) is 49.7 Å². The number of unbranched alkanes of at least 4 members (excludes halogenated alkanes) is 18. The van der Waals surface area contributed by atoms with Crippen LogP contribution in [0.5, 0.6) is 0 Å². The van der Waals surface area contributed by atoms with Crippen LogP contribution >= 0.6 is 0 Å². The van der Waals surface area contributed by atoms with Crippen LogP contribution in [0.4, 0.5) is 0 Å². The van der Waals surface area contributed by atoms with Crippen molar-refractivity contribution in [2.24, 2.45) is 5.92 Å². The Morgan fingerprint density at radius 3 is 1.29 bits per heavy atom. The van der Waals surface area contributed by atoms with Crippen molar-refractivity contribution in [3.63, 3.8) is 0 Å². The highest BCUT2D eigenvalue weighted by Crippen LogP contribution is 2.24. The van der Waals surface area contributed by atoms with E-state index in [9.17, 15) is 9.59 Å². The lowest BCUT2D eigenvalue weighted by atomic mass is 9.89. The summed E-state index contributed by atoms with van der Waals surface area (Å²) in [5, 5.41) is 0. The molecule has 0 aromatic carbocycles. The quantitative estimate of drug-likeness (QED) is 0.0372. The second kappa shape index (κ2) is 36.2. The van der Waals surface area contributed by atoms with Gasteiger partial charge in [-0.15, -0.1) is 0 Å². The largest absolute Gasteiger partial charge is 0.458 e. The molecule has 0 aromatic heterocycles. The van der Waals surface area contributed by atoms with Crippen molar-refractivity contribution in [1.82, 2.24) is 4.90 Å². The fourth-order valence-electron chi connectivity index (χ4n) is 6.50. The van der Waals surface area contributed by atoms with Crippen LogP contribution in [0.2, 0.25) is 0 Å². The summed E-state index contributed by atoms with van der Waals surface area (Å²) in [6, 6.07) is 0. The predicted molar refractivity (Wildman–Crippen MR) is 212 cm³/mol. The van der Waals surface area contributed by atoms with E-state index < -0.39 is 0 Å². The second-order valence-corrected chi connectivity index (χ2v) is 15.1. The second-order valence-electron chi connectivity index (χ2n) is 15.1. The fraction of sp³-hybridized carbons (Fsp3) is 0.864. The average molecular weight is 690 g/mol. The molecule has 0 aliphatic carbocycles. The van der Waals surface area contributed by atoms with E-state index in [0.29, 0.717) is 12.8 Å². The highest BCUT2D eigenvalue weighted by Gasteiger charge is 2.11. The maximum absolute atomic E-state index is 12.2. The zero-order valence-corrected chi connectivity index (χ0v) is 33.6. The van der Waals surface area contributed by atoms with Gasteiger partial charge in [-0.2, -0.15) is 0 Å². The van der Waals surface area contributed by atoms with E-state index in [1.807, 2.05) is 26.0 Å². The smallest absolute Gasteiger partial charge is 0.306 e. The van der Waals surface area contributed by atoms with Crippen molar-refractivity contribution in [3.8, 4) is 0 Å². The minimum Gasteiger partial charge on any atom is -0.458 e. The Labute approximate surface area is 305 Å². The van der Waals surface area contributed by atoms with Crippen molar-refractivity contribution >= 4 is 11.9 Å². The van der Waals surface area contributed by atoms with Gasteiger partial charge in [-0.25, -0.2) is 0 Å². The number of hydrogen-bond acceptors (Lipinski definition) is 5. The molecule has 0 bridgehead atoms. The van der Waals surface area contributed by atoms with Crippen molar-refractivity contribution < 1.29 is 19.1 Å². The molecule has 0 rings (SSSR count). The molecule has 0 fully saturated rings. The normalized spacial score (nSPS) is 13.8. The zero-order valence-electron chi connectivity index (χ0n) is 33.6. The summed E-state index contributed by atoms with van der Waals surface area (Å²) >= 11 is 0. The minimum atomic E-state index is -0.117.